The fourth-order valence-corrected chi connectivity index (χ4v) is 3.38. The monoisotopic (exact) mass is 514 g/mol. The molecule has 6 heteroatoms. The third-order valence-corrected chi connectivity index (χ3v) is 5.23. The molecule has 3 aromatic carbocycles. The molecule has 0 aliphatic heterocycles. The zero-order valence-corrected chi connectivity index (χ0v) is 21.2. The van der Waals surface area contributed by atoms with Gasteiger partial charge in [0.1, 0.15) is 37.1 Å². The minimum Gasteiger partial charge on any atom is -0.491 e. The predicted molar refractivity (Wildman–Crippen MR) is 150 cm³/mol. The van der Waals surface area contributed by atoms with Gasteiger partial charge in [-0.3, -0.25) is 0 Å². The minimum absolute atomic E-state index is 0.115. The number of carbonyl (C=O) groups is 1. The average molecular weight is 515 g/mol. The Balaban J connectivity index is 1.63. The quantitative estimate of drug-likeness (QED) is 0.0730. The van der Waals surface area contributed by atoms with E-state index < -0.39 is 5.97 Å². The molecule has 0 radical (unpaired) electrons. The second-order valence-corrected chi connectivity index (χ2v) is 7.96. The number of carbonyl (C=O) groups excluding carboxylic acids is 1. The number of benzene rings is 3. The first-order valence-electron chi connectivity index (χ1n) is 12.2. The topological polar surface area (TPSA) is 54.0 Å². The van der Waals surface area contributed by atoms with E-state index in [2.05, 4.69) is 13.2 Å². The van der Waals surface area contributed by atoms with E-state index in [9.17, 15) is 9.18 Å². The van der Waals surface area contributed by atoms with Crippen molar-refractivity contribution in [3.63, 3.8) is 0 Å². The lowest BCUT2D eigenvalue weighted by molar-refractivity contribution is -0.138. The lowest BCUT2D eigenvalue weighted by atomic mass is 10.1. The molecule has 5 nitrogen and oxygen atoms in total. The second kappa shape index (κ2) is 15.6. The van der Waals surface area contributed by atoms with E-state index in [1.165, 1.54) is 6.07 Å². The van der Waals surface area contributed by atoms with Gasteiger partial charge in [-0.1, -0.05) is 85.5 Å². The van der Waals surface area contributed by atoms with Crippen molar-refractivity contribution in [2.75, 3.05) is 33.0 Å². The summed E-state index contributed by atoms with van der Waals surface area (Å²) in [6, 6.07) is 20.1. The lowest BCUT2D eigenvalue weighted by Gasteiger charge is -2.09. The number of para-hydroxylation sites is 2. The molecular weight excluding hydrogens is 483 g/mol. The molecule has 38 heavy (non-hydrogen) atoms. The molecule has 3 rings (SSSR count). The van der Waals surface area contributed by atoms with Crippen LogP contribution in [0.15, 0.2) is 92.0 Å². The standard InChI is InChI=1S/C32H31FO5/c1-3-19-35-20-21-36-31-12-8-6-10-28(31)18-17-26-15-13-25(24-29(26)33)14-16-27-9-5-7-11-30(27)37-22-23-38-32(34)4-2/h3-18,24H,1-2,19-23H2. The van der Waals surface area contributed by atoms with Crippen molar-refractivity contribution in [3.8, 4) is 11.5 Å². The predicted octanol–water partition coefficient (Wildman–Crippen LogP) is 6.86. The van der Waals surface area contributed by atoms with Gasteiger partial charge in [0.2, 0.25) is 0 Å². The van der Waals surface area contributed by atoms with Crippen molar-refractivity contribution in [3.05, 3.63) is 120 Å². The fourth-order valence-electron chi connectivity index (χ4n) is 3.38. The van der Waals surface area contributed by atoms with E-state index in [-0.39, 0.29) is 19.0 Å². The van der Waals surface area contributed by atoms with Crippen LogP contribution in [0.2, 0.25) is 0 Å². The van der Waals surface area contributed by atoms with Crippen LogP contribution in [0.3, 0.4) is 0 Å². The largest absolute Gasteiger partial charge is 0.491 e. The van der Waals surface area contributed by atoms with Crippen LogP contribution in [-0.4, -0.2) is 39.0 Å². The first-order valence-corrected chi connectivity index (χ1v) is 12.2. The van der Waals surface area contributed by atoms with E-state index in [1.54, 1.807) is 18.2 Å². The molecule has 0 atom stereocenters. The summed E-state index contributed by atoms with van der Waals surface area (Å²) in [4.78, 5) is 11.1. The maximum atomic E-state index is 14.9. The molecule has 0 aliphatic rings. The Morgan fingerprint density at radius 3 is 1.97 bits per heavy atom. The highest BCUT2D eigenvalue weighted by Gasteiger charge is 2.04. The number of halogens is 1. The van der Waals surface area contributed by atoms with Crippen molar-refractivity contribution in [2.45, 2.75) is 0 Å². The molecule has 0 heterocycles. The SMILES string of the molecule is C=CCOCCOc1ccccc1C=Cc1ccc(C=Cc2ccccc2OCCOC(=O)C=C)cc1F. The molecule has 0 aliphatic carbocycles. The highest BCUT2D eigenvalue weighted by Crippen LogP contribution is 2.23. The van der Waals surface area contributed by atoms with Crippen LogP contribution in [0.25, 0.3) is 24.3 Å². The maximum Gasteiger partial charge on any atom is 0.330 e. The average Bonchev–Trinajstić information content (AvgIpc) is 2.94. The van der Waals surface area contributed by atoms with Gasteiger partial charge in [-0.2, -0.15) is 0 Å². The van der Waals surface area contributed by atoms with Gasteiger partial charge in [-0.25, -0.2) is 9.18 Å². The molecule has 0 bridgehead atoms. The zero-order valence-electron chi connectivity index (χ0n) is 21.2. The Morgan fingerprint density at radius 2 is 1.34 bits per heavy atom. The third-order valence-electron chi connectivity index (χ3n) is 5.23. The molecule has 0 saturated carbocycles. The Labute approximate surface area is 223 Å². The summed E-state index contributed by atoms with van der Waals surface area (Å²) >= 11 is 0. The summed E-state index contributed by atoms with van der Waals surface area (Å²) in [7, 11) is 0. The number of ether oxygens (including phenoxy) is 4. The van der Waals surface area contributed by atoms with Crippen LogP contribution in [0, 0.1) is 5.82 Å². The Kier molecular flexibility index (Phi) is 11.6. The molecule has 0 fully saturated rings. The first kappa shape index (κ1) is 28.2. The van der Waals surface area contributed by atoms with Gasteiger partial charge < -0.3 is 18.9 Å². The molecule has 0 N–H and O–H groups in total. The summed E-state index contributed by atoms with van der Waals surface area (Å²) in [6.45, 7) is 8.63. The van der Waals surface area contributed by atoms with Gasteiger partial charge in [0, 0.05) is 22.8 Å². The van der Waals surface area contributed by atoms with Crippen LogP contribution in [0.5, 0.6) is 11.5 Å². The Bertz CT molecular complexity index is 1280. The van der Waals surface area contributed by atoms with Gasteiger partial charge >= 0.3 is 5.97 Å². The third kappa shape index (κ3) is 9.22. The molecule has 0 amide bonds. The van der Waals surface area contributed by atoms with E-state index in [0.717, 1.165) is 17.2 Å². The number of rotatable bonds is 15. The summed E-state index contributed by atoms with van der Waals surface area (Å²) in [6.07, 6.45) is 10.0. The van der Waals surface area contributed by atoms with Crippen LogP contribution >= 0.6 is 0 Å². The summed E-state index contributed by atoms with van der Waals surface area (Å²) in [5, 5.41) is 0. The maximum absolute atomic E-state index is 14.9. The highest BCUT2D eigenvalue weighted by molar-refractivity contribution is 5.81. The van der Waals surface area contributed by atoms with Crippen molar-refractivity contribution in [2.24, 2.45) is 0 Å². The van der Waals surface area contributed by atoms with Crippen molar-refractivity contribution < 1.29 is 28.1 Å². The van der Waals surface area contributed by atoms with Crippen molar-refractivity contribution in [1.82, 2.24) is 0 Å². The van der Waals surface area contributed by atoms with Gasteiger partial charge in [0.15, 0.2) is 0 Å². The normalized spacial score (nSPS) is 11.0. The van der Waals surface area contributed by atoms with Gasteiger partial charge in [0.25, 0.3) is 0 Å². The lowest BCUT2D eigenvalue weighted by Crippen LogP contribution is -2.10. The van der Waals surface area contributed by atoms with Gasteiger partial charge in [0.05, 0.1) is 13.2 Å². The van der Waals surface area contributed by atoms with Gasteiger partial charge in [-0.05, 0) is 23.8 Å². The molecular formula is C32H31FO5. The first-order chi connectivity index (χ1) is 18.6. The number of esters is 1. The number of hydrogen-bond donors (Lipinski definition) is 0. The smallest absolute Gasteiger partial charge is 0.330 e. The summed E-state index contributed by atoms with van der Waals surface area (Å²) < 4.78 is 36.7. The zero-order chi connectivity index (χ0) is 27.0. The van der Waals surface area contributed by atoms with E-state index in [1.807, 2.05) is 72.8 Å². The molecule has 0 spiro atoms. The fraction of sp³-hybridized carbons (Fsp3) is 0.156. The highest BCUT2D eigenvalue weighted by atomic mass is 19.1. The Hall–Kier alpha value is -4.42. The minimum atomic E-state index is -0.496. The molecule has 0 aromatic heterocycles. The van der Waals surface area contributed by atoms with Crippen molar-refractivity contribution in [1.29, 1.82) is 0 Å². The van der Waals surface area contributed by atoms with Crippen LogP contribution in [0.1, 0.15) is 22.3 Å². The molecule has 196 valence electrons. The van der Waals surface area contributed by atoms with E-state index in [0.29, 0.717) is 42.4 Å². The van der Waals surface area contributed by atoms with Crippen molar-refractivity contribution >= 4 is 30.3 Å². The molecule has 0 saturated heterocycles. The Morgan fingerprint density at radius 1 is 0.737 bits per heavy atom. The second-order valence-electron chi connectivity index (χ2n) is 7.96. The number of hydrogen-bond acceptors (Lipinski definition) is 5. The van der Waals surface area contributed by atoms with E-state index >= 15 is 0 Å². The molecule has 3 aromatic rings. The van der Waals surface area contributed by atoms with Crippen LogP contribution in [-0.2, 0) is 14.3 Å². The van der Waals surface area contributed by atoms with Gasteiger partial charge in [-0.15, -0.1) is 6.58 Å². The summed E-state index contributed by atoms with van der Waals surface area (Å²) in [5.41, 5.74) is 2.83. The summed E-state index contributed by atoms with van der Waals surface area (Å²) in [5.74, 6) is 0.495. The molecule has 0 unspecified atom stereocenters. The van der Waals surface area contributed by atoms with E-state index in [4.69, 9.17) is 18.9 Å². The van der Waals surface area contributed by atoms with Crippen LogP contribution < -0.4 is 9.47 Å². The van der Waals surface area contributed by atoms with Crippen LogP contribution in [0.4, 0.5) is 4.39 Å².